The molecule has 0 fully saturated rings. The molecule has 3 heterocycles. The molecule has 0 bridgehead atoms. The number of thiophene rings is 1. The molecule has 0 saturated carbocycles. The Morgan fingerprint density at radius 2 is 1.18 bits per heavy atom. The molecule has 4 nitrogen and oxygen atoms in total. The lowest BCUT2D eigenvalue weighted by Gasteiger charge is -2.23. The average molecular weight is 659 g/mol. The van der Waals surface area contributed by atoms with E-state index in [0.29, 0.717) is 5.84 Å². The number of para-hydroxylation sites is 2. The molecule has 50 heavy (non-hydrogen) atoms. The minimum Gasteiger partial charge on any atom is -0.344 e. The molecule has 9 aromatic rings. The molecule has 1 unspecified atom stereocenters. The molecule has 2 aromatic heterocycles. The molecular weight excluding hydrogens is 629 g/mol. The predicted octanol–water partition coefficient (Wildman–Crippen LogP) is 11.3. The Morgan fingerprint density at radius 3 is 2.00 bits per heavy atom. The standard InChI is InChI=1S/C45H30N4S/c1-3-13-29(14-4-1)43-46-44(30-15-5-2-6-16-30)48-45(47-43)31-25-27-32(28-26-31)49-39-23-9-7-17-33(39)35-19-11-20-36(41(35)49)38-22-12-21-37-34-18-8-10-24-40(34)50-42(37)38/h1-28,43H,(H,46,47,48). The van der Waals surface area contributed by atoms with Crippen molar-refractivity contribution in [3.05, 3.63) is 187 Å². The van der Waals surface area contributed by atoms with Crippen molar-refractivity contribution in [2.24, 2.45) is 9.98 Å². The number of fused-ring (bicyclic) bond motifs is 6. The van der Waals surface area contributed by atoms with E-state index in [1.54, 1.807) is 0 Å². The second-order valence-electron chi connectivity index (χ2n) is 12.6. The zero-order chi connectivity index (χ0) is 33.0. The number of amidine groups is 2. The van der Waals surface area contributed by atoms with Crippen LogP contribution in [-0.2, 0) is 0 Å². The van der Waals surface area contributed by atoms with Crippen LogP contribution < -0.4 is 5.32 Å². The molecule has 236 valence electrons. The van der Waals surface area contributed by atoms with Crippen molar-refractivity contribution < 1.29 is 0 Å². The molecule has 1 aliphatic heterocycles. The molecule has 0 amide bonds. The Kier molecular flexibility index (Phi) is 6.71. The average Bonchev–Trinajstić information content (AvgIpc) is 3.75. The van der Waals surface area contributed by atoms with Crippen molar-refractivity contribution in [2.75, 3.05) is 0 Å². The summed E-state index contributed by atoms with van der Waals surface area (Å²) in [5.74, 6) is 1.53. The fraction of sp³-hybridized carbons (Fsp3) is 0.0222. The Hall–Kier alpha value is -6.30. The summed E-state index contributed by atoms with van der Waals surface area (Å²) in [4.78, 5) is 10.1. The number of nitrogens with one attached hydrogen (secondary N) is 1. The van der Waals surface area contributed by atoms with Gasteiger partial charge in [-0.05, 0) is 42.0 Å². The Morgan fingerprint density at radius 1 is 0.520 bits per heavy atom. The van der Waals surface area contributed by atoms with Crippen LogP contribution in [0.15, 0.2) is 180 Å². The SMILES string of the molecule is c1ccc(C2=NC(c3ccc(-n4c5ccccc5c5cccc(-c6cccc7c6sc6ccccc67)c54)cc3)=NC(c3ccccc3)N2)cc1. The summed E-state index contributed by atoms with van der Waals surface area (Å²) in [5, 5.41) is 8.66. The smallest absolute Gasteiger partial charge is 0.159 e. The van der Waals surface area contributed by atoms with Gasteiger partial charge in [0.25, 0.3) is 0 Å². The molecule has 0 spiro atoms. The van der Waals surface area contributed by atoms with Gasteiger partial charge in [0.15, 0.2) is 5.84 Å². The molecule has 7 aromatic carbocycles. The van der Waals surface area contributed by atoms with Crippen molar-refractivity contribution in [1.29, 1.82) is 0 Å². The third-order valence-electron chi connectivity index (χ3n) is 9.68. The quantitative estimate of drug-likeness (QED) is 0.196. The Bertz CT molecular complexity index is 2770. The van der Waals surface area contributed by atoms with Gasteiger partial charge in [0.05, 0.1) is 11.0 Å². The molecule has 1 atom stereocenters. The highest BCUT2D eigenvalue weighted by molar-refractivity contribution is 7.26. The monoisotopic (exact) mass is 658 g/mol. The summed E-state index contributed by atoms with van der Waals surface area (Å²) >= 11 is 1.88. The normalized spacial score (nSPS) is 14.6. The maximum atomic E-state index is 5.10. The van der Waals surface area contributed by atoms with Gasteiger partial charge in [-0.2, -0.15) is 0 Å². The summed E-state index contributed by atoms with van der Waals surface area (Å²) in [6, 6.07) is 60.3. The van der Waals surface area contributed by atoms with E-state index in [1.807, 2.05) is 35.6 Å². The fourth-order valence-electron chi connectivity index (χ4n) is 7.35. The molecule has 10 rings (SSSR count). The lowest BCUT2D eigenvalue weighted by Crippen LogP contribution is -2.33. The van der Waals surface area contributed by atoms with Crippen molar-refractivity contribution in [1.82, 2.24) is 9.88 Å². The highest BCUT2D eigenvalue weighted by atomic mass is 32.1. The van der Waals surface area contributed by atoms with Crippen molar-refractivity contribution >= 4 is 65.0 Å². The van der Waals surface area contributed by atoms with Gasteiger partial charge in [0.2, 0.25) is 0 Å². The molecule has 1 aliphatic rings. The van der Waals surface area contributed by atoms with E-state index in [-0.39, 0.29) is 6.17 Å². The van der Waals surface area contributed by atoms with E-state index in [4.69, 9.17) is 9.98 Å². The number of rotatable bonds is 5. The molecule has 1 N–H and O–H groups in total. The third kappa shape index (κ3) is 4.66. The zero-order valence-electron chi connectivity index (χ0n) is 27.0. The highest BCUT2D eigenvalue weighted by Gasteiger charge is 2.22. The van der Waals surface area contributed by atoms with Crippen LogP contribution in [0.3, 0.4) is 0 Å². The van der Waals surface area contributed by atoms with Crippen LogP contribution >= 0.6 is 11.3 Å². The van der Waals surface area contributed by atoms with Crippen LogP contribution in [0.5, 0.6) is 0 Å². The summed E-state index contributed by atoms with van der Waals surface area (Å²) in [6.45, 7) is 0. The lowest BCUT2D eigenvalue weighted by atomic mass is 10.00. The second-order valence-corrected chi connectivity index (χ2v) is 13.7. The molecule has 0 radical (unpaired) electrons. The molecule has 5 heteroatoms. The summed E-state index contributed by atoms with van der Waals surface area (Å²) in [5.41, 5.74) is 9.07. The largest absolute Gasteiger partial charge is 0.344 e. The van der Waals surface area contributed by atoms with E-state index in [0.717, 1.165) is 28.2 Å². The van der Waals surface area contributed by atoms with Gasteiger partial charge in [0, 0.05) is 58.9 Å². The van der Waals surface area contributed by atoms with Crippen LogP contribution in [-0.4, -0.2) is 16.2 Å². The topological polar surface area (TPSA) is 41.7 Å². The molecule has 0 aliphatic carbocycles. The van der Waals surface area contributed by atoms with Crippen LogP contribution in [0.25, 0.3) is 58.8 Å². The maximum absolute atomic E-state index is 5.10. The van der Waals surface area contributed by atoms with Gasteiger partial charge in [-0.25, -0.2) is 9.98 Å². The summed E-state index contributed by atoms with van der Waals surface area (Å²) < 4.78 is 5.05. The number of hydrogen-bond donors (Lipinski definition) is 1. The first-order chi connectivity index (χ1) is 24.8. The van der Waals surface area contributed by atoms with E-state index < -0.39 is 0 Å². The van der Waals surface area contributed by atoms with E-state index in [1.165, 1.54) is 53.1 Å². The first-order valence-electron chi connectivity index (χ1n) is 16.9. The fourth-order valence-corrected chi connectivity index (χ4v) is 8.58. The van der Waals surface area contributed by atoms with Crippen molar-refractivity contribution in [3.63, 3.8) is 0 Å². The number of nitrogens with zero attached hydrogens (tertiary/aromatic N) is 3. The van der Waals surface area contributed by atoms with Crippen molar-refractivity contribution in [2.45, 2.75) is 6.17 Å². The summed E-state index contributed by atoms with van der Waals surface area (Å²) in [6.07, 6.45) is -0.241. The molecule has 0 saturated heterocycles. The van der Waals surface area contributed by atoms with Gasteiger partial charge in [-0.15, -0.1) is 11.3 Å². The van der Waals surface area contributed by atoms with Gasteiger partial charge in [-0.3, -0.25) is 0 Å². The lowest BCUT2D eigenvalue weighted by molar-refractivity contribution is 0.674. The van der Waals surface area contributed by atoms with Gasteiger partial charge in [0.1, 0.15) is 12.0 Å². The van der Waals surface area contributed by atoms with E-state index >= 15 is 0 Å². The van der Waals surface area contributed by atoms with E-state index in [9.17, 15) is 0 Å². The van der Waals surface area contributed by atoms with Crippen LogP contribution in [0.1, 0.15) is 22.9 Å². The second kappa shape index (κ2) is 11.7. The van der Waals surface area contributed by atoms with Crippen LogP contribution in [0.2, 0.25) is 0 Å². The number of aliphatic imine (C=N–C) groups is 2. The zero-order valence-corrected chi connectivity index (χ0v) is 27.8. The Labute approximate surface area is 293 Å². The van der Waals surface area contributed by atoms with Gasteiger partial charge < -0.3 is 9.88 Å². The first-order valence-corrected chi connectivity index (χ1v) is 17.7. The molecular formula is C45H30N4S. The van der Waals surface area contributed by atoms with Crippen LogP contribution in [0.4, 0.5) is 0 Å². The van der Waals surface area contributed by atoms with Gasteiger partial charge >= 0.3 is 0 Å². The minimum absolute atomic E-state index is 0.241. The van der Waals surface area contributed by atoms with E-state index in [2.05, 4.69) is 155 Å². The maximum Gasteiger partial charge on any atom is 0.159 e. The first kappa shape index (κ1) is 28.7. The van der Waals surface area contributed by atoms with Gasteiger partial charge in [-0.1, -0.05) is 133 Å². The number of hydrogen-bond acceptors (Lipinski definition) is 4. The highest BCUT2D eigenvalue weighted by Crippen LogP contribution is 2.44. The number of aromatic nitrogens is 1. The Balaban J connectivity index is 1.14. The minimum atomic E-state index is -0.241. The van der Waals surface area contributed by atoms with Crippen LogP contribution in [0, 0.1) is 0 Å². The predicted molar refractivity (Wildman–Crippen MR) is 211 cm³/mol. The summed E-state index contributed by atoms with van der Waals surface area (Å²) in [7, 11) is 0. The third-order valence-corrected chi connectivity index (χ3v) is 10.9. The number of benzene rings is 7. The van der Waals surface area contributed by atoms with Crippen molar-refractivity contribution in [3.8, 4) is 16.8 Å².